The molecule has 2 heterocycles. The third-order valence-electron chi connectivity index (χ3n) is 6.29. The van der Waals surface area contributed by atoms with Crippen LogP contribution in [0.1, 0.15) is 43.9 Å². The summed E-state index contributed by atoms with van der Waals surface area (Å²) in [5.74, 6) is 0.469. The van der Waals surface area contributed by atoms with Crippen LogP contribution in [0.4, 0.5) is 0 Å². The lowest BCUT2D eigenvalue weighted by molar-refractivity contribution is -0.132. The van der Waals surface area contributed by atoms with E-state index >= 15 is 0 Å². The molecule has 162 valence electrons. The molecule has 1 aromatic carbocycles. The van der Waals surface area contributed by atoms with Gasteiger partial charge < -0.3 is 15.6 Å². The molecule has 2 amide bonds. The quantitative estimate of drug-likeness (QED) is 0.546. The number of aromatic nitrogens is 2. The lowest BCUT2D eigenvalue weighted by Gasteiger charge is -2.27. The highest BCUT2D eigenvalue weighted by Crippen LogP contribution is 2.28. The molecule has 0 radical (unpaired) electrons. The number of benzene rings is 1. The van der Waals surface area contributed by atoms with Gasteiger partial charge in [0, 0.05) is 35.6 Å². The number of H-pyrrole nitrogens is 1. The Bertz CT molecular complexity index is 1020. The summed E-state index contributed by atoms with van der Waals surface area (Å²) in [6, 6.07) is 13.0. The first-order valence-corrected chi connectivity index (χ1v) is 11.1. The number of pyridine rings is 1. The summed E-state index contributed by atoms with van der Waals surface area (Å²) in [7, 11) is 0. The molecule has 1 saturated carbocycles. The van der Waals surface area contributed by atoms with Crippen LogP contribution in [0.15, 0.2) is 54.9 Å². The monoisotopic (exact) mass is 418 g/mol. The van der Waals surface area contributed by atoms with Crippen molar-refractivity contribution in [2.24, 2.45) is 11.8 Å². The molecular weight excluding hydrogens is 388 g/mol. The van der Waals surface area contributed by atoms with E-state index in [0.717, 1.165) is 47.8 Å². The summed E-state index contributed by atoms with van der Waals surface area (Å²) in [4.78, 5) is 33.6. The van der Waals surface area contributed by atoms with E-state index in [9.17, 15) is 9.59 Å². The van der Waals surface area contributed by atoms with Crippen LogP contribution in [0.3, 0.4) is 0 Å². The largest absolute Gasteiger partial charge is 0.361 e. The molecule has 0 saturated heterocycles. The number of para-hydroxylation sites is 1. The number of nitrogens with zero attached hydrogens (tertiary/aromatic N) is 1. The Kier molecular flexibility index (Phi) is 6.65. The van der Waals surface area contributed by atoms with E-state index in [1.807, 2.05) is 48.7 Å². The first kappa shape index (κ1) is 21.1. The van der Waals surface area contributed by atoms with Crippen LogP contribution in [0.2, 0.25) is 0 Å². The molecule has 2 aromatic heterocycles. The number of hydrogen-bond donors (Lipinski definition) is 3. The third kappa shape index (κ3) is 5.32. The number of nitrogens with one attached hydrogen (secondary N) is 3. The Labute approximate surface area is 182 Å². The third-order valence-corrected chi connectivity index (χ3v) is 6.29. The van der Waals surface area contributed by atoms with Crippen LogP contribution in [-0.2, 0) is 22.6 Å². The molecule has 4 rings (SSSR count). The van der Waals surface area contributed by atoms with Gasteiger partial charge in [-0.3, -0.25) is 14.6 Å². The molecule has 0 aliphatic heterocycles. The van der Waals surface area contributed by atoms with E-state index in [2.05, 4.69) is 27.5 Å². The van der Waals surface area contributed by atoms with Gasteiger partial charge in [0.25, 0.3) is 0 Å². The van der Waals surface area contributed by atoms with Gasteiger partial charge in [0.2, 0.25) is 11.8 Å². The van der Waals surface area contributed by atoms with Gasteiger partial charge in [-0.1, -0.05) is 31.2 Å². The minimum absolute atomic E-state index is 0.00902. The Morgan fingerprint density at radius 2 is 1.87 bits per heavy atom. The Morgan fingerprint density at radius 3 is 2.65 bits per heavy atom. The number of rotatable bonds is 7. The maximum absolute atomic E-state index is 13.1. The molecule has 1 fully saturated rings. The normalized spacial score (nSPS) is 19.6. The molecule has 0 unspecified atom stereocenters. The average molecular weight is 419 g/mol. The zero-order valence-corrected chi connectivity index (χ0v) is 17.9. The van der Waals surface area contributed by atoms with E-state index in [1.165, 1.54) is 0 Å². The smallest absolute Gasteiger partial charge is 0.243 e. The summed E-state index contributed by atoms with van der Waals surface area (Å²) in [6.45, 7) is 2.57. The fourth-order valence-electron chi connectivity index (χ4n) is 4.35. The van der Waals surface area contributed by atoms with Crippen molar-refractivity contribution in [1.82, 2.24) is 20.6 Å². The first-order chi connectivity index (χ1) is 15.1. The summed E-state index contributed by atoms with van der Waals surface area (Å²) in [5, 5.41) is 7.08. The highest BCUT2D eigenvalue weighted by atomic mass is 16.2. The maximum atomic E-state index is 13.1. The molecule has 6 nitrogen and oxygen atoms in total. The number of hydrogen-bond acceptors (Lipinski definition) is 3. The first-order valence-electron chi connectivity index (χ1n) is 11.1. The van der Waals surface area contributed by atoms with Crippen molar-refractivity contribution in [2.75, 3.05) is 0 Å². The molecule has 0 spiro atoms. The average Bonchev–Trinajstić information content (AvgIpc) is 3.21. The van der Waals surface area contributed by atoms with Gasteiger partial charge in [-0.15, -0.1) is 0 Å². The van der Waals surface area contributed by atoms with Gasteiger partial charge in [0.15, 0.2) is 0 Å². The molecular formula is C25H30N4O2. The van der Waals surface area contributed by atoms with Gasteiger partial charge in [0.1, 0.15) is 6.04 Å². The maximum Gasteiger partial charge on any atom is 0.243 e. The fourth-order valence-corrected chi connectivity index (χ4v) is 4.35. The number of aromatic amines is 1. The Hall–Kier alpha value is -3.15. The van der Waals surface area contributed by atoms with E-state index < -0.39 is 6.04 Å². The van der Waals surface area contributed by atoms with Gasteiger partial charge >= 0.3 is 0 Å². The minimum Gasteiger partial charge on any atom is -0.361 e. The summed E-state index contributed by atoms with van der Waals surface area (Å²) in [5.41, 5.74) is 2.83. The van der Waals surface area contributed by atoms with E-state index in [-0.39, 0.29) is 17.7 Å². The van der Waals surface area contributed by atoms with Crippen molar-refractivity contribution < 1.29 is 9.59 Å². The van der Waals surface area contributed by atoms with Gasteiger partial charge in [-0.25, -0.2) is 0 Å². The minimum atomic E-state index is -0.630. The van der Waals surface area contributed by atoms with Gasteiger partial charge in [0.05, 0.1) is 12.2 Å². The van der Waals surface area contributed by atoms with Crippen LogP contribution >= 0.6 is 0 Å². The summed E-state index contributed by atoms with van der Waals surface area (Å²) in [6.07, 6.45) is 7.99. The molecule has 3 N–H and O–H groups in total. The van der Waals surface area contributed by atoms with Crippen LogP contribution in [0, 0.1) is 11.8 Å². The molecule has 6 heteroatoms. The zero-order chi connectivity index (χ0) is 21.6. The second kappa shape index (κ2) is 9.77. The number of carbonyl (C=O) groups is 2. The Balaban J connectivity index is 1.48. The van der Waals surface area contributed by atoms with Crippen LogP contribution < -0.4 is 10.6 Å². The summed E-state index contributed by atoms with van der Waals surface area (Å²) >= 11 is 0. The van der Waals surface area contributed by atoms with E-state index in [4.69, 9.17) is 0 Å². The van der Waals surface area contributed by atoms with Crippen LogP contribution in [-0.4, -0.2) is 27.8 Å². The molecule has 1 aliphatic carbocycles. The number of amides is 2. The predicted molar refractivity (Wildman–Crippen MR) is 121 cm³/mol. The SMILES string of the molecule is CC1CCC(C(=O)N[C@H](Cc2c[nH]c3ccccc23)C(=O)NCc2ccccn2)CC1. The van der Waals surface area contributed by atoms with Crippen molar-refractivity contribution in [3.8, 4) is 0 Å². The van der Waals surface area contributed by atoms with Crippen molar-refractivity contribution in [3.05, 3.63) is 66.1 Å². The standard InChI is InChI=1S/C25H30N4O2/c1-17-9-11-18(12-10-17)24(30)29-23(25(31)28-16-20-6-4-5-13-26-20)14-19-15-27-22-8-3-2-7-21(19)22/h2-8,13,15,17-18,23,27H,9-12,14,16H2,1H3,(H,28,31)(H,29,30)/t17?,18?,23-/m1/s1. The number of fused-ring (bicyclic) bond motifs is 1. The lowest BCUT2D eigenvalue weighted by Crippen LogP contribution is -2.49. The Morgan fingerprint density at radius 1 is 1.10 bits per heavy atom. The van der Waals surface area contributed by atoms with Crippen LogP contribution in [0.5, 0.6) is 0 Å². The highest BCUT2D eigenvalue weighted by molar-refractivity contribution is 5.90. The predicted octanol–water partition coefficient (Wildman–Crippen LogP) is 3.73. The molecule has 3 aromatic rings. The van der Waals surface area contributed by atoms with Crippen LogP contribution in [0.25, 0.3) is 10.9 Å². The lowest BCUT2D eigenvalue weighted by atomic mass is 9.82. The molecule has 0 bridgehead atoms. The topological polar surface area (TPSA) is 86.9 Å². The van der Waals surface area contributed by atoms with Gasteiger partial charge in [-0.2, -0.15) is 0 Å². The number of carbonyl (C=O) groups excluding carboxylic acids is 2. The molecule has 1 aliphatic rings. The zero-order valence-electron chi connectivity index (χ0n) is 17.9. The molecule has 1 atom stereocenters. The van der Waals surface area contributed by atoms with E-state index in [0.29, 0.717) is 18.9 Å². The second-order valence-corrected chi connectivity index (χ2v) is 8.62. The van der Waals surface area contributed by atoms with Crippen molar-refractivity contribution >= 4 is 22.7 Å². The van der Waals surface area contributed by atoms with Crippen molar-refractivity contribution in [3.63, 3.8) is 0 Å². The fraction of sp³-hybridized carbons (Fsp3) is 0.400. The van der Waals surface area contributed by atoms with Gasteiger partial charge in [-0.05, 0) is 55.4 Å². The highest BCUT2D eigenvalue weighted by Gasteiger charge is 2.29. The van der Waals surface area contributed by atoms with Crippen molar-refractivity contribution in [1.29, 1.82) is 0 Å². The molecule has 31 heavy (non-hydrogen) atoms. The van der Waals surface area contributed by atoms with Crippen molar-refractivity contribution in [2.45, 2.75) is 51.6 Å². The summed E-state index contributed by atoms with van der Waals surface area (Å²) < 4.78 is 0. The second-order valence-electron chi connectivity index (χ2n) is 8.62. The van der Waals surface area contributed by atoms with E-state index in [1.54, 1.807) is 6.20 Å².